The zero-order chi connectivity index (χ0) is 56.4. The summed E-state index contributed by atoms with van der Waals surface area (Å²) in [4.78, 5) is 38.2. The van der Waals surface area contributed by atoms with E-state index in [0.29, 0.717) is 19.3 Å². The monoisotopic (exact) mass is 1090 g/mol. The van der Waals surface area contributed by atoms with Gasteiger partial charge in [0, 0.05) is 19.3 Å². The van der Waals surface area contributed by atoms with E-state index in [0.717, 1.165) is 77.0 Å². The average Bonchev–Trinajstić information content (AvgIpc) is 3.44. The Kier molecular flexibility index (Phi) is 63.2. The molecule has 1 unspecified atom stereocenters. The van der Waals surface area contributed by atoms with Crippen LogP contribution in [0, 0.1) is 0 Å². The molecule has 1 atom stereocenters. The molecule has 0 N–H and O–H groups in total. The predicted molar refractivity (Wildman–Crippen MR) is 339 cm³/mol. The van der Waals surface area contributed by atoms with Crippen molar-refractivity contribution in [3.63, 3.8) is 0 Å². The first-order chi connectivity index (χ1) is 38.5. The fourth-order valence-corrected chi connectivity index (χ4v) is 9.64. The molecule has 0 aromatic heterocycles. The van der Waals surface area contributed by atoms with Crippen LogP contribution in [0.1, 0.15) is 335 Å². The minimum Gasteiger partial charge on any atom is -0.462 e. The van der Waals surface area contributed by atoms with E-state index in [1.807, 2.05) is 6.08 Å². The number of esters is 3. The van der Waals surface area contributed by atoms with Crippen LogP contribution < -0.4 is 0 Å². The van der Waals surface area contributed by atoms with Crippen molar-refractivity contribution >= 4 is 17.9 Å². The van der Waals surface area contributed by atoms with E-state index in [9.17, 15) is 14.4 Å². The third-order valence-corrected chi connectivity index (χ3v) is 14.6. The smallest absolute Gasteiger partial charge is 0.306 e. The van der Waals surface area contributed by atoms with Crippen molar-refractivity contribution in [2.45, 2.75) is 341 Å². The molecule has 0 aromatic rings. The van der Waals surface area contributed by atoms with Crippen LogP contribution in [0.4, 0.5) is 0 Å². The van der Waals surface area contributed by atoms with E-state index in [1.165, 1.54) is 212 Å². The topological polar surface area (TPSA) is 78.9 Å². The number of allylic oxidation sites excluding steroid dienone is 14. The minimum absolute atomic E-state index is 0.0942. The lowest BCUT2D eigenvalue weighted by molar-refractivity contribution is -0.166. The molecule has 450 valence electrons. The highest BCUT2D eigenvalue weighted by Gasteiger charge is 2.19. The molecule has 0 aliphatic carbocycles. The van der Waals surface area contributed by atoms with Crippen LogP contribution in [0.15, 0.2) is 85.1 Å². The first-order valence-corrected chi connectivity index (χ1v) is 33.6. The van der Waals surface area contributed by atoms with Gasteiger partial charge in [0.1, 0.15) is 13.2 Å². The van der Waals surface area contributed by atoms with Crippen molar-refractivity contribution in [1.82, 2.24) is 0 Å². The number of carbonyl (C=O) groups excluding carboxylic acids is 3. The Morgan fingerprint density at radius 2 is 0.526 bits per heavy atom. The van der Waals surface area contributed by atoms with Crippen LogP contribution in [0.2, 0.25) is 0 Å². The van der Waals surface area contributed by atoms with E-state index in [-0.39, 0.29) is 37.5 Å². The minimum atomic E-state index is -0.802. The summed E-state index contributed by atoms with van der Waals surface area (Å²) in [6.07, 6.45) is 87.8. The fraction of sp³-hybridized carbons (Fsp3) is 0.764. The van der Waals surface area contributed by atoms with Crippen molar-refractivity contribution in [3.05, 3.63) is 85.1 Å². The van der Waals surface area contributed by atoms with Gasteiger partial charge in [-0.05, 0) is 83.5 Å². The van der Waals surface area contributed by atoms with Gasteiger partial charge in [0.2, 0.25) is 0 Å². The Labute approximate surface area is 484 Å². The van der Waals surface area contributed by atoms with E-state index < -0.39 is 6.10 Å². The third-order valence-electron chi connectivity index (χ3n) is 14.6. The largest absolute Gasteiger partial charge is 0.462 e. The molecule has 0 saturated carbocycles. The molecule has 0 spiro atoms. The SMILES string of the molecule is CC/C=C\C/C=C\C/C=C\C/C=C\CCC(=O)OCC(COC(=O)CCCCCCCCCCCCCCCCCCCC/C=C\C/C=C\C/C=C\CCCCCCC)OC(=O)CCCCCCCCCCCCCCCC. The summed E-state index contributed by atoms with van der Waals surface area (Å²) in [7, 11) is 0. The average molecular weight is 1090 g/mol. The van der Waals surface area contributed by atoms with Crippen LogP contribution in [0.3, 0.4) is 0 Å². The van der Waals surface area contributed by atoms with Gasteiger partial charge in [0.25, 0.3) is 0 Å². The van der Waals surface area contributed by atoms with Crippen molar-refractivity contribution < 1.29 is 28.6 Å². The third kappa shape index (κ3) is 63.4. The van der Waals surface area contributed by atoms with Crippen LogP contribution >= 0.6 is 0 Å². The summed E-state index contributed by atoms with van der Waals surface area (Å²) in [5, 5.41) is 0. The molecule has 0 rings (SSSR count). The Hall–Kier alpha value is -3.41. The molecular formula is C72H126O6. The zero-order valence-electron chi connectivity index (χ0n) is 51.7. The Balaban J connectivity index is 4.15. The zero-order valence-corrected chi connectivity index (χ0v) is 51.7. The maximum atomic E-state index is 12.9. The molecule has 0 aromatic carbocycles. The lowest BCUT2D eigenvalue weighted by atomic mass is 10.0. The molecule has 0 fully saturated rings. The number of carbonyl (C=O) groups is 3. The van der Waals surface area contributed by atoms with Crippen LogP contribution in [0.5, 0.6) is 0 Å². The highest BCUT2D eigenvalue weighted by molar-refractivity contribution is 5.71. The van der Waals surface area contributed by atoms with Crippen LogP contribution in [-0.4, -0.2) is 37.2 Å². The second kappa shape index (κ2) is 66.1. The summed E-state index contributed by atoms with van der Waals surface area (Å²) in [5.41, 5.74) is 0. The van der Waals surface area contributed by atoms with Gasteiger partial charge in [-0.2, -0.15) is 0 Å². The van der Waals surface area contributed by atoms with Gasteiger partial charge in [0.05, 0.1) is 0 Å². The van der Waals surface area contributed by atoms with Crippen molar-refractivity contribution in [1.29, 1.82) is 0 Å². The van der Waals surface area contributed by atoms with E-state index >= 15 is 0 Å². The number of unbranched alkanes of at least 4 members (excludes halogenated alkanes) is 36. The molecule has 6 heteroatoms. The first-order valence-electron chi connectivity index (χ1n) is 33.6. The van der Waals surface area contributed by atoms with Gasteiger partial charge in [0.15, 0.2) is 6.10 Å². The Morgan fingerprint density at radius 1 is 0.269 bits per heavy atom. The molecule has 0 saturated heterocycles. The lowest BCUT2D eigenvalue weighted by Gasteiger charge is -2.18. The Bertz CT molecular complexity index is 1480. The first kappa shape index (κ1) is 74.6. The van der Waals surface area contributed by atoms with Crippen LogP contribution in [0.25, 0.3) is 0 Å². The molecule has 0 aliphatic heterocycles. The maximum Gasteiger partial charge on any atom is 0.306 e. The fourth-order valence-electron chi connectivity index (χ4n) is 9.64. The lowest BCUT2D eigenvalue weighted by Crippen LogP contribution is -2.30. The molecule has 0 bridgehead atoms. The van der Waals surface area contributed by atoms with Crippen molar-refractivity contribution in [2.75, 3.05) is 13.2 Å². The standard InChI is InChI=1S/C72H126O6/c1-4-7-10-13-16-19-22-25-27-28-29-30-31-32-33-34-35-36-37-38-39-40-41-42-43-44-45-48-50-53-56-59-62-65-71(74)77-68-69(67-76-70(73)64-61-58-55-52-49-46-24-21-18-15-12-9-6-3)78-72(75)66-63-60-57-54-51-47-26-23-20-17-14-11-8-5-2/h9,12,18,21-22,25,28-29,31-32,46,49,55,58,69H,4-8,10-11,13-17,19-20,23-24,26-27,30,33-45,47-48,50-54,56-57,59-68H2,1-3H3/b12-9-,21-18-,25-22-,29-28-,32-31-,49-46-,58-55-. The summed E-state index contributed by atoms with van der Waals surface area (Å²) in [5.74, 6) is -0.965. The van der Waals surface area contributed by atoms with Gasteiger partial charge in [-0.25, -0.2) is 0 Å². The summed E-state index contributed by atoms with van der Waals surface area (Å²) in [6, 6.07) is 0. The highest BCUT2D eigenvalue weighted by Crippen LogP contribution is 2.17. The van der Waals surface area contributed by atoms with Gasteiger partial charge in [-0.1, -0.05) is 318 Å². The number of hydrogen-bond acceptors (Lipinski definition) is 6. The van der Waals surface area contributed by atoms with Crippen molar-refractivity contribution in [3.8, 4) is 0 Å². The summed E-state index contributed by atoms with van der Waals surface area (Å²) >= 11 is 0. The number of ether oxygens (including phenoxy) is 3. The van der Waals surface area contributed by atoms with Gasteiger partial charge < -0.3 is 14.2 Å². The molecule has 0 heterocycles. The summed E-state index contributed by atoms with van der Waals surface area (Å²) < 4.78 is 16.8. The second-order valence-electron chi connectivity index (χ2n) is 22.4. The van der Waals surface area contributed by atoms with Gasteiger partial charge in [-0.15, -0.1) is 0 Å². The molecule has 78 heavy (non-hydrogen) atoms. The number of rotatable bonds is 61. The molecule has 6 nitrogen and oxygen atoms in total. The van der Waals surface area contributed by atoms with Gasteiger partial charge in [-0.3, -0.25) is 14.4 Å². The molecular weight excluding hydrogens is 961 g/mol. The molecule has 0 amide bonds. The van der Waals surface area contributed by atoms with Crippen LogP contribution in [-0.2, 0) is 28.6 Å². The molecule has 0 aliphatic rings. The molecule has 0 radical (unpaired) electrons. The van der Waals surface area contributed by atoms with E-state index in [2.05, 4.69) is 99.8 Å². The quantitative estimate of drug-likeness (QED) is 0.0261. The van der Waals surface area contributed by atoms with Gasteiger partial charge >= 0.3 is 17.9 Å². The second-order valence-corrected chi connectivity index (χ2v) is 22.4. The highest BCUT2D eigenvalue weighted by atomic mass is 16.6. The van der Waals surface area contributed by atoms with E-state index in [1.54, 1.807) is 0 Å². The van der Waals surface area contributed by atoms with Crippen molar-refractivity contribution in [2.24, 2.45) is 0 Å². The Morgan fingerprint density at radius 3 is 0.859 bits per heavy atom. The predicted octanol–water partition coefficient (Wildman–Crippen LogP) is 23.1. The normalized spacial score (nSPS) is 12.6. The van der Waals surface area contributed by atoms with E-state index in [4.69, 9.17) is 14.2 Å². The maximum absolute atomic E-state index is 12.9. The number of hydrogen-bond donors (Lipinski definition) is 0. The summed E-state index contributed by atoms with van der Waals surface area (Å²) in [6.45, 7) is 6.48.